The first-order valence-electron chi connectivity index (χ1n) is 28.8. The Hall–Kier alpha value is -2.11. The van der Waals surface area contributed by atoms with Crippen molar-refractivity contribution in [1.82, 2.24) is 0 Å². The topological polar surface area (TPSA) is 78.9 Å². The lowest BCUT2D eigenvalue weighted by Crippen LogP contribution is -2.30. The smallest absolute Gasteiger partial charge is 0.306 e. The number of carbonyl (C=O) groups excluding carboxylic acids is 3. The first-order valence-corrected chi connectivity index (χ1v) is 28.8. The molecule has 0 heterocycles. The third-order valence-electron chi connectivity index (χ3n) is 12.9. The Bertz CT molecular complexity index is 1050. The van der Waals surface area contributed by atoms with Gasteiger partial charge in [0.15, 0.2) is 6.10 Å². The lowest BCUT2D eigenvalue weighted by atomic mass is 10.0. The molecule has 0 unspecified atom stereocenters. The van der Waals surface area contributed by atoms with Crippen molar-refractivity contribution in [2.75, 3.05) is 13.2 Å². The number of hydrogen-bond acceptors (Lipinski definition) is 6. The van der Waals surface area contributed by atoms with E-state index in [1.54, 1.807) is 0 Å². The number of unbranched alkanes of at least 4 members (excludes halogenated alkanes) is 38. The summed E-state index contributed by atoms with van der Waals surface area (Å²) >= 11 is 0. The molecule has 0 aromatic carbocycles. The molecule has 6 heteroatoms. The van der Waals surface area contributed by atoms with Gasteiger partial charge in [0, 0.05) is 19.3 Å². The van der Waals surface area contributed by atoms with Crippen LogP contribution in [0.2, 0.25) is 0 Å². The summed E-state index contributed by atoms with van der Waals surface area (Å²) in [5.41, 5.74) is 0. The molecule has 0 radical (unpaired) electrons. The highest BCUT2D eigenvalue weighted by molar-refractivity contribution is 5.71. The number of hydrogen-bond donors (Lipinski definition) is 0. The van der Waals surface area contributed by atoms with Crippen LogP contribution in [-0.4, -0.2) is 37.2 Å². The van der Waals surface area contributed by atoms with Crippen molar-refractivity contribution in [3.05, 3.63) is 24.3 Å². The predicted molar refractivity (Wildman–Crippen MR) is 279 cm³/mol. The van der Waals surface area contributed by atoms with E-state index in [0.29, 0.717) is 19.3 Å². The van der Waals surface area contributed by atoms with Crippen LogP contribution in [0, 0.1) is 0 Å². The van der Waals surface area contributed by atoms with Gasteiger partial charge < -0.3 is 14.2 Å². The molecule has 0 amide bonds. The Morgan fingerprint density at radius 1 is 0.292 bits per heavy atom. The highest BCUT2D eigenvalue weighted by Crippen LogP contribution is 2.17. The van der Waals surface area contributed by atoms with E-state index in [1.807, 2.05) is 0 Å². The molecule has 6 nitrogen and oxygen atoms in total. The van der Waals surface area contributed by atoms with Gasteiger partial charge >= 0.3 is 17.9 Å². The number of ether oxygens (including phenoxy) is 3. The summed E-state index contributed by atoms with van der Waals surface area (Å²) in [5, 5.41) is 0. The van der Waals surface area contributed by atoms with Crippen LogP contribution < -0.4 is 0 Å². The van der Waals surface area contributed by atoms with Crippen LogP contribution in [0.25, 0.3) is 0 Å². The minimum absolute atomic E-state index is 0.0729. The van der Waals surface area contributed by atoms with E-state index in [1.165, 1.54) is 205 Å². The van der Waals surface area contributed by atoms with Gasteiger partial charge in [-0.3, -0.25) is 14.4 Å². The van der Waals surface area contributed by atoms with Crippen LogP contribution in [0.3, 0.4) is 0 Å². The average molecular weight is 916 g/mol. The molecule has 0 saturated carbocycles. The lowest BCUT2D eigenvalue weighted by molar-refractivity contribution is -0.167. The van der Waals surface area contributed by atoms with E-state index in [-0.39, 0.29) is 31.1 Å². The highest BCUT2D eigenvalue weighted by atomic mass is 16.6. The van der Waals surface area contributed by atoms with E-state index >= 15 is 0 Å². The van der Waals surface area contributed by atoms with E-state index in [2.05, 4.69) is 45.1 Å². The van der Waals surface area contributed by atoms with E-state index in [9.17, 15) is 14.4 Å². The largest absolute Gasteiger partial charge is 0.462 e. The standard InChI is InChI=1S/C59H110O6/c1-4-7-10-13-16-19-22-25-27-28-29-30-32-34-37-40-43-46-49-52-58(61)64-55-56(54-63-57(60)51-48-45-42-39-36-33-24-21-18-15-12-9-6-3)65-59(62)53-50-47-44-41-38-35-31-26-23-20-17-14-11-8-5-2/h21,24,26,31,56H,4-20,22-23,25,27-30,32-55H2,1-3H3/b24-21-,31-26-/t56-/m1/s1. The Labute approximate surface area is 404 Å². The van der Waals surface area contributed by atoms with Gasteiger partial charge in [-0.15, -0.1) is 0 Å². The zero-order valence-corrected chi connectivity index (χ0v) is 43.8. The van der Waals surface area contributed by atoms with Gasteiger partial charge in [0.2, 0.25) is 0 Å². The van der Waals surface area contributed by atoms with Gasteiger partial charge in [0.05, 0.1) is 0 Å². The zero-order chi connectivity index (χ0) is 47.2. The van der Waals surface area contributed by atoms with Crippen molar-refractivity contribution >= 4 is 17.9 Å². The summed E-state index contributed by atoms with van der Waals surface area (Å²) in [5.74, 6) is -0.872. The molecule has 0 fully saturated rings. The van der Waals surface area contributed by atoms with Gasteiger partial charge in [0.25, 0.3) is 0 Å². The molecular weight excluding hydrogens is 805 g/mol. The molecule has 0 rings (SSSR count). The van der Waals surface area contributed by atoms with Crippen molar-refractivity contribution in [1.29, 1.82) is 0 Å². The monoisotopic (exact) mass is 915 g/mol. The second kappa shape index (κ2) is 54.5. The molecule has 0 aliphatic rings. The molecule has 0 aromatic heterocycles. The maximum Gasteiger partial charge on any atom is 0.306 e. The van der Waals surface area contributed by atoms with Crippen LogP contribution in [-0.2, 0) is 28.6 Å². The van der Waals surface area contributed by atoms with Gasteiger partial charge in [-0.2, -0.15) is 0 Å². The molecule has 1 atom stereocenters. The summed E-state index contributed by atoms with van der Waals surface area (Å²) < 4.78 is 16.9. The quantitative estimate of drug-likeness (QED) is 0.0262. The number of carbonyl (C=O) groups is 3. The fraction of sp³-hybridized carbons (Fsp3) is 0.881. The van der Waals surface area contributed by atoms with Crippen molar-refractivity contribution in [3.63, 3.8) is 0 Å². The van der Waals surface area contributed by atoms with E-state index in [0.717, 1.165) is 70.6 Å². The fourth-order valence-electron chi connectivity index (χ4n) is 8.55. The van der Waals surface area contributed by atoms with Crippen LogP contribution >= 0.6 is 0 Å². The fourth-order valence-corrected chi connectivity index (χ4v) is 8.55. The first-order chi connectivity index (χ1) is 32.0. The van der Waals surface area contributed by atoms with Crippen LogP contribution in [0.1, 0.15) is 316 Å². The highest BCUT2D eigenvalue weighted by Gasteiger charge is 2.19. The SMILES string of the molecule is CCCCCC/C=C\CCCCCCCC(=O)OC[C@H](COC(=O)CCCCCCCCCCCCCCCCCCCCC)OC(=O)CCCCCCC/C=C\CCCCCCCC. The molecule has 65 heavy (non-hydrogen) atoms. The molecule has 0 N–H and O–H groups in total. The molecular formula is C59H110O6. The number of esters is 3. The van der Waals surface area contributed by atoms with Crippen LogP contribution in [0.5, 0.6) is 0 Å². The summed E-state index contributed by atoms with van der Waals surface area (Å²) in [6, 6.07) is 0. The van der Waals surface area contributed by atoms with Crippen molar-refractivity contribution < 1.29 is 28.6 Å². The maximum atomic E-state index is 12.8. The van der Waals surface area contributed by atoms with Gasteiger partial charge in [-0.25, -0.2) is 0 Å². The third kappa shape index (κ3) is 52.7. The normalized spacial score (nSPS) is 12.1. The molecule has 0 aliphatic heterocycles. The van der Waals surface area contributed by atoms with Crippen molar-refractivity contribution in [3.8, 4) is 0 Å². The lowest BCUT2D eigenvalue weighted by Gasteiger charge is -2.18. The van der Waals surface area contributed by atoms with Crippen molar-refractivity contribution in [2.24, 2.45) is 0 Å². The minimum Gasteiger partial charge on any atom is -0.462 e. The Balaban J connectivity index is 4.31. The Morgan fingerprint density at radius 3 is 0.785 bits per heavy atom. The van der Waals surface area contributed by atoms with E-state index in [4.69, 9.17) is 14.2 Å². The van der Waals surface area contributed by atoms with Gasteiger partial charge in [0.1, 0.15) is 13.2 Å². The summed E-state index contributed by atoms with van der Waals surface area (Å²) in [4.78, 5) is 38.1. The Morgan fingerprint density at radius 2 is 0.508 bits per heavy atom. The Kier molecular flexibility index (Phi) is 52.7. The summed E-state index contributed by atoms with van der Waals surface area (Å²) in [7, 11) is 0. The molecule has 0 spiro atoms. The minimum atomic E-state index is -0.775. The molecule has 0 bridgehead atoms. The third-order valence-corrected chi connectivity index (χ3v) is 12.9. The summed E-state index contributed by atoms with van der Waals surface area (Å²) in [6.45, 7) is 6.65. The number of allylic oxidation sites excluding steroid dienone is 4. The molecule has 0 aromatic rings. The van der Waals surface area contributed by atoms with Crippen LogP contribution in [0.15, 0.2) is 24.3 Å². The van der Waals surface area contributed by atoms with Gasteiger partial charge in [-0.1, -0.05) is 251 Å². The molecule has 0 aliphatic carbocycles. The van der Waals surface area contributed by atoms with Crippen molar-refractivity contribution in [2.45, 2.75) is 322 Å². The van der Waals surface area contributed by atoms with E-state index < -0.39 is 6.10 Å². The first kappa shape index (κ1) is 62.9. The average Bonchev–Trinajstić information content (AvgIpc) is 3.30. The predicted octanol–water partition coefficient (Wildman–Crippen LogP) is 19.1. The molecule has 0 saturated heterocycles. The molecule has 382 valence electrons. The number of rotatable bonds is 53. The maximum absolute atomic E-state index is 12.8. The zero-order valence-electron chi connectivity index (χ0n) is 43.8. The summed E-state index contributed by atoms with van der Waals surface area (Å²) in [6.07, 6.45) is 63.1. The second-order valence-corrected chi connectivity index (χ2v) is 19.6. The van der Waals surface area contributed by atoms with Crippen LogP contribution in [0.4, 0.5) is 0 Å². The van der Waals surface area contributed by atoms with Gasteiger partial charge in [-0.05, 0) is 70.6 Å². The second-order valence-electron chi connectivity index (χ2n) is 19.6.